The van der Waals surface area contributed by atoms with E-state index in [1.54, 1.807) is 103 Å². The van der Waals surface area contributed by atoms with E-state index >= 15 is 0 Å². The van der Waals surface area contributed by atoms with Crippen molar-refractivity contribution in [1.82, 2.24) is 0 Å². The summed E-state index contributed by atoms with van der Waals surface area (Å²) in [6.07, 6.45) is 0. The summed E-state index contributed by atoms with van der Waals surface area (Å²) in [6.45, 7) is 34.4. The number of carbonyl (C=O) groups excluding carboxylic acids is 8. The Morgan fingerprint density at radius 3 is 0.696 bits per heavy atom. The molecule has 0 atom stereocenters. The van der Waals surface area contributed by atoms with Crippen molar-refractivity contribution in [2.75, 3.05) is 107 Å². The molecule has 0 N–H and O–H groups in total. The van der Waals surface area contributed by atoms with Gasteiger partial charge in [-0.15, -0.1) is 0 Å². The van der Waals surface area contributed by atoms with E-state index in [-0.39, 0.29) is 5.41 Å². The maximum Gasteiger partial charge on any atom is 0.368 e. The minimum atomic E-state index is -2.89. The highest BCUT2D eigenvalue weighted by molar-refractivity contribution is 7.81. The fraction of sp³-hybridized carbons (Fsp3) is 0.223. The second-order valence-corrected chi connectivity index (χ2v) is 59.0. The minimum Gasteiger partial charge on any atom is -0.421 e. The van der Waals surface area contributed by atoms with Crippen molar-refractivity contribution in [3.8, 4) is 90.5 Å². The van der Waals surface area contributed by atoms with Gasteiger partial charge in [0.1, 0.15) is 46.0 Å². The molecule has 0 aliphatic rings. The van der Waals surface area contributed by atoms with E-state index in [9.17, 15) is 74.9 Å². The van der Waals surface area contributed by atoms with Gasteiger partial charge in [0.05, 0.1) is 0 Å². The SMILES string of the molecule is CC(C)(C)c1ccc(OC(=O)P(C)(C)=O)cc1.CP(C)(=O)C(=O)Oc1ccc(-c2ccccc2)cc1.CP(C)(=O)C(=O)Oc1ccc(-c2ccccc2)cc1.CP(C)(=O)C(=O)Oc1ccccc1-c1ccccc1.CP(C)(=O)C(=O)Oc1ccccc1-c1ccccc1.Cc1ccc(OC(=O)P(C)(C)=O)cc1.Cc1cccc(OC(=O)P(C)(C)=O)c1.Cc1ccccc1OC(=O)P(C)(C)=O. The van der Waals surface area contributed by atoms with E-state index in [4.69, 9.17) is 37.9 Å². The van der Waals surface area contributed by atoms with Crippen molar-refractivity contribution in [1.29, 1.82) is 0 Å². The summed E-state index contributed by atoms with van der Waals surface area (Å²) in [7, 11) is -22.7. The van der Waals surface area contributed by atoms with Crippen LogP contribution in [0.4, 0.5) is 38.4 Å². The molecular formula is C103H118O24P8. The van der Waals surface area contributed by atoms with Crippen LogP contribution in [0.25, 0.3) is 44.5 Å². The van der Waals surface area contributed by atoms with E-state index in [1.807, 2.05) is 233 Å². The molecule has 714 valence electrons. The van der Waals surface area contributed by atoms with Crippen molar-refractivity contribution in [2.45, 2.75) is 47.0 Å². The van der Waals surface area contributed by atoms with Gasteiger partial charge in [0.25, 0.3) is 0 Å². The number of rotatable bonds is 20. The van der Waals surface area contributed by atoms with Crippen LogP contribution >= 0.6 is 57.1 Å². The third kappa shape index (κ3) is 42.0. The van der Waals surface area contributed by atoms with Crippen LogP contribution in [0, 0.1) is 20.8 Å². The third-order valence-electron chi connectivity index (χ3n) is 17.8. The zero-order valence-corrected chi connectivity index (χ0v) is 87.1. The third-order valence-corrected chi connectivity index (χ3v) is 25.6. The first kappa shape index (κ1) is 114. The fourth-order valence-corrected chi connectivity index (χ4v) is 12.7. The molecule has 0 aliphatic carbocycles. The van der Waals surface area contributed by atoms with E-state index in [1.165, 1.54) is 107 Å². The van der Waals surface area contributed by atoms with E-state index in [2.05, 4.69) is 20.8 Å². The summed E-state index contributed by atoms with van der Waals surface area (Å²) < 4.78 is 133. The smallest absolute Gasteiger partial charge is 0.368 e. The van der Waals surface area contributed by atoms with E-state index in [0.29, 0.717) is 46.0 Å². The largest absolute Gasteiger partial charge is 0.421 e. The quantitative estimate of drug-likeness (QED) is 0.0640. The first-order chi connectivity index (χ1) is 62.7. The van der Waals surface area contributed by atoms with Crippen molar-refractivity contribution in [2.24, 2.45) is 0 Å². The maximum absolute atomic E-state index is 11.7. The molecule has 0 amide bonds. The summed E-state index contributed by atoms with van der Waals surface area (Å²) in [5, 5.41) is 0. The Kier molecular flexibility index (Phi) is 43.6. The number of hydrogen-bond acceptors (Lipinski definition) is 24. The lowest BCUT2D eigenvalue weighted by molar-refractivity contribution is 0.223. The second-order valence-electron chi connectivity index (χ2n) is 34.4. The molecule has 135 heavy (non-hydrogen) atoms. The molecule has 0 fully saturated rings. The monoisotopic (exact) mass is 1990 g/mol. The van der Waals surface area contributed by atoms with Gasteiger partial charge in [0, 0.05) is 11.1 Å². The topological polar surface area (TPSA) is 347 Å². The summed E-state index contributed by atoms with van der Waals surface area (Å²) in [5.41, 5.74) is 6.68. The number of aryl methyl sites for hydroxylation is 3. The zero-order chi connectivity index (χ0) is 101. The van der Waals surface area contributed by atoms with Crippen LogP contribution in [0.2, 0.25) is 0 Å². The lowest BCUT2D eigenvalue weighted by atomic mass is 9.87. The maximum atomic E-state index is 11.7. The Balaban J connectivity index is 0.000000274. The van der Waals surface area contributed by atoms with Gasteiger partial charge in [-0.2, -0.15) is 0 Å². The number of ether oxygens (including phenoxy) is 8. The van der Waals surface area contributed by atoms with Crippen LogP contribution in [-0.2, 0) is 41.9 Å². The zero-order valence-electron chi connectivity index (χ0n) is 79.9. The molecule has 32 heteroatoms. The molecule has 12 aromatic carbocycles. The normalized spacial score (nSPS) is 11.2. The molecule has 0 saturated carbocycles. The Hall–Kier alpha value is -11.8. The average Bonchev–Trinajstić information content (AvgIpc) is 0.872. The molecule has 0 unspecified atom stereocenters. The molecule has 12 aromatic rings. The highest BCUT2D eigenvalue weighted by atomic mass is 31.2. The number of carbonyl (C=O) groups is 8. The average molecular weight is 1990 g/mol. The Labute approximate surface area is 792 Å². The van der Waals surface area contributed by atoms with Crippen LogP contribution < -0.4 is 37.9 Å². The van der Waals surface area contributed by atoms with Crippen LogP contribution in [0.15, 0.2) is 315 Å². The lowest BCUT2D eigenvalue weighted by Crippen LogP contribution is -2.11. The summed E-state index contributed by atoms with van der Waals surface area (Å²) >= 11 is 0. The number of para-hydroxylation sites is 3. The summed E-state index contributed by atoms with van der Waals surface area (Å²) in [6, 6.07) is 96.3. The van der Waals surface area contributed by atoms with Crippen molar-refractivity contribution in [3.05, 3.63) is 338 Å². The minimum absolute atomic E-state index is 0.0628. The molecule has 0 aliphatic heterocycles. The first-order valence-electron chi connectivity index (χ1n) is 41.8. The lowest BCUT2D eigenvalue weighted by Gasteiger charge is -2.19. The second kappa shape index (κ2) is 51.8. The van der Waals surface area contributed by atoms with Gasteiger partial charge in [-0.25, -0.2) is 38.4 Å². The molecule has 0 saturated heterocycles. The Morgan fingerprint density at radius 1 is 0.200 bits per heavy atom. The van der Waals surface area contributed by atoms with Crippen molar-refractivity contribution >= 4 is 103 Å². The van der Waals surface area contributed by atoms with Crippen LogP contribution in [0.3, 0.4) is 0 Å². The predicted octanol–water partition coefficient (Wildman–Crippen LogP) is 31.4. The highest BCUT2D eigenvalue weighted by Crippen LogP contribution is 2.46. The molecule has 0 spiro atoms. The van der Waals surface area contributed by atoms with Gasteiger partial charge in [-0.1, -0.05) is 263 Å². The van der Waals surface area contributed by atoms with Gasteiger partial charge in [0.2, 0.25) is 0 Å². The standard InChI is InChI=1S/4C15H15O3P.C13H19O3P.3C10H13O3P/c2*1-19(2,17)15(16)18-14-11-7-6-10-13(14)12-8-4-3-5-9-12;2*1-19(2,17)15(16)18-14-10-8-13(9-11-14)12-6-4-3-5-7-12;1-13(2,3)10-6-8-11(9-7-10)16-12(14)17(4,5)15;1-8-4-6-9(7-5-8)13-10(11)14(2,3)12;1-8-5-4-6-9(7-8)13-10(11)14(2,3)12;1-8-6-4-5-7-9(8)13-10(11)14(2,3)12/h4*3-11H,1-2H3;6-9H,1-5H3;3*4-7H,1-3H3. The van der Waals surface area contributed by atoms with E-state index in [0.717, 1.165) is 66.8 Å². The predicted molar refractivity (Wildman–Crippen MR) is 550 cm³/mol. The fourth-order valence-electron chi connectivity index (χ4n) is 10.2. The molecule has 0 bridgehead atoms. The van der Waals surface area contributed by atoms with Crippen LogP contribution in [0.1, 0.15) is 43.0 Å². The number of benzene rings is 12. The Bertz CT molecular complexity index is 6190. The van der Waals surface area contributed by atoms with Crippen molar-refractivity contribution in [3.63, 3.8) is 0 Å². The summed E-state index contributed by atoms with van der Waals surface area (Å²) in [4.78, 5) is 91.7. The molecule has 0 radical (unpaired) electrons. The number of hydrogen-bond donors (Lipinski definition) is 0. The molecular weight excluding hydrogens is 1870 g/mol. The first-order valence-corrected chi connectivity index (χ1v) is 62.6. The molecule has 12 rings (SSSR count). The van der Waals surface area contributed by atoms with Crippen molar-refractivity contribution < 1.29 is 113 Å². The molecule has 24 nitrogen and oxygen atoms in total. The molecule has 0 heterocycles. The van der Waals surface area contributed by atoms with Crippen LogP contribution in [-0.4, -0.2) is 152 Å². The molecule has 0 aromatic heterocycles. The van der Waals surface area contributed by atoms with Gasteiger partial charge in [0.15, 0.2) is 57.1 Å². The van der Waals surface area contributed by atoms with Gasteiger partial charge < -0.3 is 74.4 Å². The van der Waals surface area contributed by atoms with Gasteiger partial charge >= 0.3 is 45.7 Å². The van der Waals surface area contributed by atoms with Gasteiger partial charge in [-0.3, -0.25) is 0 Å². The van der Waals surface area contributed by atoms with Gasteiger partial charge in [-0.05, 0) is 262 Å². The van der Waals surface area contributed by atoms with Crippen LogP contribution in [0.5, 0.6) is 46.0 Å². The highest BCUT2D eigenvalue weighted by Gasteiger charge is 2.29. The Morgan fingerprint density at radius 2 is 0.422 bits per heavy atom. The van der Waals surface area contributed by atoms with E-state index < -0.39 is 103 Å². The summed E-state index contributed by atoms with van der Waals surface area (Å²) in [5.74, 6) is 3.48.